The van der Waals surface area contributed by atoms with Crippen molar-refractivity contribution in [2.45, 2.75) is 46.8 Å². The van der Waals surface area contributed by atoms with E-state index in [9.17, 15) is 0 Å². The number of ether oxygens (including phenoxy) is 2. The second-order valence-corrected chi connectivity index (χ2v) is 6.27. The third kappa shape index (κ3) is 5.51. The van der Waals surface area contributed by atoms with Crippen LogP contribution in [0, 0.1) is 13.8 Å². The molecular formula is C20H27NO2. The average molecular weight is 313 g/mol. The number of hydrogen-bond donors (Lipinski definition) is 1. The van der Waals surface area contributed by atoms with Gasteiger partial charge in [-0.2, -0.15) is 0 Å². The minimum Gasteiger partial charge on any atom is -0.491 e. The van der Waals surface area contributed by atoms with Gasteiger partial charge in [-0.1, -0.05) is 18.2 Å². The Labute approximate surface area is 139 Å². The summed E-state index contributed by atoms with van der Waals surface area (Å²) in [5, 5.41) is 3.41. The van der Waals surface area contributed by atoms with Crippen molar-refractivity contribution in [3.8, 4) is 11.5 Å². The van der Waals surface area contributed by atoms with Gasteiger partial charge in [-0.3, -0.25) is 0 Å². The molecule has 2 aromatic rings. The van der Waals surface area contributed by atoms with Crippen LogP contribution in [-0.4, -0.2) is 18.8 Å². The van der Waals surface area contributed by atoms with Gasteiger partial charge in [-0.05, 0) is 63.9 Å². The van der Waals surface area contributed by atoms with Crippen LogP contribution in [0.5, 0.6) is 11.5 Å². The Bertz CT molecular complexity index is 637. The minimum absolute atomic E-state index is 0.0742. The Balaban J connectivity index is 1.91. The normalized spacial score (nSPS) is 12.1. The number of nitrogens with one attached hydrogen (secondary N) is 1. The topological polar surface area (TPSA) is 30.5 Å². The highest BCUT2D eigenvalue weighted by Gasteiger charge is 2.07. The molecule has 2 rings (SSSR count). The fourth-order valence-electron chi connectivity index (χ4n) is 2.31. The standard InChI is InChI=1S/C20H27NO2/c1-14(2)22-19-8-6-7-18(12-19)21-13-17(5)23-20-11-15(3)9-10-16(20)4/h6-12,14,17,21H,13H2,1-5H3. The van der Waals surface area contributed by atoms with Gasteiger partial charge in [0.2, 0.25) is 0 Å². The molecule has 0 aliphatic rings. The van der Waals surface area contributed by atoms with E-state index >= 15 is 0 Å². The minimum atomic E-state index is 0.0742. The number of rotatable bonds is 7. The van der Waals surface area contributed by atoms with Crippen molar-refractivity contribution in [3.63, 3.8) is 0 Å². The van der Waals surface area contributed by atoms with Crippen molar-refractivity contribution in [3.05, 3.63) is 53.6 Å². The van der Waals surface area contributed by atoms with Crippen LogP contribution in [0.25, 0.3) is 0 Å². The lowest BCUT2D eigenvalue weighted by Crippen LogP contribution is -2.23. The molecule has 0 saturated heterocycles. The maximum absolute atomic E-state index is 6.05. The van der Waals surface area contributed by atoms with Crippen molar-refractivity contribution in [1.82, 2.24) is 0 Å². The highest BCUT2D eigenvalue weighted by Crippen LogP contribution is 2.21. The van der Waals surface area contributed by atoms with Gasteiger partial charge in [-0.15, -0.1) is 0 Å². The molecule has 1 unspecified atom stereocenters. The molecule has 0 aliphatic carbocycles. The van der Waals surface area contributed by atoms with Gasteiger partial charge < -0.3 is 14.8 Å². The van der Waals surface area contributed by atoms with Crippen LogP contribution in [0.4, 0.5) is 5.69 Å². The number of anilines is 1. The first kappa shape index (κ1) is 17.2. The van der Waals surface area contributed by atoms with Crippen LogP contribution in [0.1, 0.15) is 31.9 Å². The van der Waals surface area contributed by atoms with Gasteiger partial charge >= 0.3 is 0 Å². The number of benzene rings is 2. The molecule has 0 spiro atoms. The van der Waals surface area contributed by atoms with Crippen molar-refractivity contribution in [2.24, 2.45) is 0 Å². The quantitative estimate of drug-likeness (QED) is 0.783. The monoisotopic (exact) mass is 313 g/mol. The van der Waals surface area contributed by atoms with Crippen molar-refractivity contribution < 1.29 is 9.47 Å². The lowest BCUT2D eigenvalue weighted by atomic mass is 10.1. The molecule has 1 atom stereocenters. The SMILES string of the molecule is Cc1ccc(C)c(OC(C)CNc2cccc(OC(C)C)c2)c1. The summed E-state index contributed by atoms with van der Waals surface area (Å²) in [5.74, 6) is 1.84. The van der Waals surface area contributed by atoms with E-state index in [-0.39, 0.29) is 12.2 Å². The third-order valence-corrected chi connectivity index (χ3v) is 3.47. The van der Waals surface area contributed by atoms with Crippen LogP contribution >= 0.6 is 0 Å². The summed E-state index contributed by atoms with van der Waals surface area (Å²) in [7, 11) is 0. The van der Waals surface area contributed by atoms with E-state index < -0.39 is 0 Å². The van der Waals surface area contributed by atoms with Crippen LogP contribution in [0.2, 0.25) is 0 Å². The third-order valence-electron chi connectivity index (χ3n) is 3.47. The second kappa shape index (κ2) is 7.91. The van der Waals surface area contributed by atoms with Gasteiger partial charge in [0.25, 0.3) is 0 Å². The molecule has 0 radical (unpaired) electrons. The average Bonchev–Trinajstić information content (AvgIpc) is 2.49. The summed E-state index contributed by atoms with van der Waals surface area (Å²) in [5.41, 5.74) is 3.42. The summed E-state index contributed by atoms with van der Waals surface area (Å²) < 4.78 is 11.8. The molecule has 0 bridgehead atoms. The second-order valence-electron chi connectivity index (χ2n) is 6.27. The zero-order chi connectivity index (χ0) is 16.8. The van der Waals surface area contributed by atoms with Crippen LogP contribution in [0.15, 0.2) is 42.5 Å². The number of aryl methyl sites for hydroxylation is 2. The fraction of sp³-hybridized carbons (Fsp3) is 0.400. The fourth-order valence-corrected chi connectivity index (χ4v) is 2.31. The Kier molecular flexibility index (Phi) is 5.91. The van der Waals surface area contributed by atoms with Gasteiger partial charge in [0, 0.05) is 11.8 Å². The first-order chi connectivity index (χ1) is 10.9. The smallest absolute Gasteiger partial charge is 0.122 e. The molecule has 0 amide bonds. The molecule has 0 saturated carbocycles. The summed E-state index contributed by atoms with van der Waals surface area (Å²) >= 11 is 0. The van der Waals surface area contributed by atoms with E-state index in [4.69, 9.17) is 9.47 Å². The Morgan fingerprint density at radius 3 is 2.48 bits per heavy atom. The molecular weight excluding hydrogens is 286 g/mol. The number of hydrogen-bond acceptors (Lipinski definition) is 3. The molecule has 1 N–H and O–H groups in total. The van der Waals surface area contributed by atoms with Gasteiger partial charge in [-0.25, -0.2) is 0 Å². The van der Waals surface area contributed by atoms with Crippen LogP contribution < -0.4 is 14.8 Å². The van der Waals surface area contributed by atoms with Gasteiger partial charge in [0.1, 0.15) is 17.6 Å². The Morgan fingerprint density at radius 2 is 1.74 bits per heavy atom. The summed E-state index contributed by atoms with van der Waals surface area (Å²) in [6.07, 6.45) is 0.252. The van der Waals surface area contributed by atoms with Crippen LogP contribution in [-0.2, 0) is 0 Å². The molecule has 124 valence electrons. The zero-order valence-corrected chi connectivity index (χ0v) is 14.7. The van der Waals surface area contributed by atoms with E-state index in [0.717, 1.165) is 29.3 Å². The molecule has 3 heteroatoms. The molecule has 0 heterocycles. The molecule has 0 aromatic heterocycles. The highest BCUT2D eigenvalue weighted by atomic mass is 16.5. The maximum atomic E-state index is 6.05. The highest BCUT2D eigenvalue weighted by molar-refractivity contribution is 5.48. The lowest BCUT2D eigenvalue weighted by Gasteiger charge is -2.18. The molecule has 3 nitrogen and oxygen atoms in total. The van der Waals surface area contributed by atoms with E-state index in [1.54, 1.807) is 0 Å². The maximum Gasteiger partial charge on any atom is 0.122 e. The van der Waals surface area contributed by atoms with Crippen molar-refractivity contribution in [1.29, 1.82) is 0 Å². The first-order valence-corrected chi connectivity index (χ1v) is 8.18. The molecule has 2 aromatic carbocycles. The predicted octanol–water partition coefficient (Wildman–Crippen LogP) is 4.97. The predicted molar refractivity (Wildman–Crippen MR) is 96.7 cm³/mol. The van der Waals surface area contributed by atoms with E-state index in [2.05, 4.69) is 44.3 Å². The zero-order valence-electron chi connectivity index (χ0n) is 14.7. The summed E-state index contributed by atoms with van der Waals surface area (Å²) in [6, 6.07) is 14.3. The first-order valence-electron chi connectivity index (χ1n) is 8.18. The van der Waals surface area contributed by atoms with E-state index in [1.807, 2.05) is 38.1 Å². The molecule has 0 aliphatic heterocycles. The van der Waals surface area contributed by atoms with Crippen molar-refractivity contribution in [2.75, 3.05) is 11.9 Å². The van der Waals surface area contributed by atoms with Gasteiger partial charge in [0.05, 0.1) is 12.6 Å². The Hall–Kier alpha value is -2.16. The molecule has 23 heavy (non-hydrogen) atoms. The van der Waals surface area contributed by atoms with Gasteiger partial charge in [0.15, 0.2) is 0 Å². The van der Waals surface area contributed by atoms with Crippen molar-refractivity contribution >= 4 is 5.69 Å². The summed E-state index contributed by atoms with van der Waals surface area (Å²) in [6.45, 7) is 11.0. The van der Waals surface area contributed by atoms with E-state index in [0.29, 0.717) is 0 Å². The lowest BCUT2D eigenvalue weighted by molar-refractivity contribution is 0.232. The molecule has 0 fully saturated rings. The Morgan fingerprint density at radius 1 is 0.957 bits per heavy atom. The largest absolute Gasteiger partial charge is 0.491 e. The van der Waals surface area contributed by atoms with E-state index in [1.165, 1.54) is 5.56 Å². The van der Waals surface area contributed by atoms with Crippen LogP contribution in [0.3, 0.4) is 0 Å². The summed E-state index contributed by atoms with van der Waals surface area (Å²) in [4.78, 5) is 0.